The first-order chi connectivity index (χ1) is 15.5. The number of fused-ring (bicyclic) bond motifs is 1. The van der Waals surface area contributed by atoms with E-state index in [4.69, 9.17) is 0 Å². The maximum Gasteiger partial charge on any atom is 0.229 e. The van der Waals surface area contributed by atoms with Crippen molar-refractivity contribution in [3.8, 4) is 5.69 Å². The number of nitrogens with zero attached hydrogens (tertiary/aromatic N) is 8. The van der Waals surface area contributed by atoms with Crippen LogP contribution in [0.2, 0.25) is 0 Å². The third-order valence-electron chi connectivity index (χ3n) is 5.40. The minimum atomic E-state index is -0.274. The zero-order valence-electron chi connectivity index (χ0n) is 17.5. The monoisotopic (exact) mass is 434 g/mol. The number of rotatable bonds is 7. The minimum Gasteiger partial charge on any atom is -0.393 e. The third-order valence-corrected chi connectivity index (χ3v) is 5.40. The lowest BCUT2D eigenvalue weighted by atomic mass is 10.2. The zero-order chi connectivity index (χ0) is 22.2. The van der Waals surface area contributed by atoms with E-state index in [1.165, 1.54) is 6.92 Å². The molecule has 4 aromatic rings. The van der Waals surface area contributed by atoms with E-state index in [0.717, 1.165) is 18.7 Å². The zero-order valence-corrected chi connectivity index (χ0v) is 17.5. The van der Waals surface area contributed by atoms with E-state index in [2.05, 4.69) is 41.0 Å². The fraction of sp³-hybridized carbons (Fsp3) is 0.350. The largest absolute Gasteiger partial charge is 0.393 e. The predicted octanol–water partition coefficient (Wildman–Crippen LogP) is 1.52. The van der Waals surface area contributed by atoms with Gasteiger partial charge in [0.25, 0.3) is 0 Å². The van der Waals surface area contributed by atoms with Gasteiger partial charge in [0.2, 0.25) is 11.9 Å². The average Bonchev–Trinajstić information content (AvgIpc) is 3.19. The van der Waals surface area contributed by atoms with Crippen molar-refractivity contribution in [1.29, 1.82) is 0 Å². The highest BCUT2D eigenvalue weighted by Crippen LogP contribution is 2.42. The van der Waals surface area contributed by atoms with Crippen molar-refractivity contribution in [2.75, 3.05) is 10.6 Å². The molecule has 1 aliphatic rings. The van der Waals surface area contributed by atoms with Crippen molar-refractivity contribution in [2.24, 2.45) is 11.8 Å². The van der Waals surface area contributed by atoms with Crippen LogP contribution < -0.4 is 10.6 Å². The van der Waals surface area contributed by atoms with Gasteiger partial charge < -0.3 is 15.7 Å². The molecule has 3 N–H and O–H groups in total. The van der Waals surface area contributed by atoms with E-state index in [1.54, 1.807) is 35.4 Å². The molecule has 164 valence electrons. The number of hydrogen-bond donors (Lipinski definition) is 3. The van der Waals surface area contributed by atoms with E-state index in [0.29, 0.717) is 40.5 Å². The Kier molecular flexibility index (Phi) is 4.98. The molecule has 0 saturated heterocycles. The van der Waals surface area contributed by atoms with Crippen LogP contribution in [0.4, 0.5) is 17.5 Å². The number of aromatic nitrogens is 8. The van der Waals surface area contributed by atoms with Gasteiger partial charge in [0.1, 0.15) is 5.82 Å². The summed E-state index contributed by atoms with van der Waals surface area (Å²) in [5.74, 6) is 1.46. The molecular formula is C20H22N10O2. The Morgan fingerprint density at radius 1 is 1.28 bits per heavy atom. The Bertz CT molecular complexity index is 1260. The number of carbonyl (C=O) groups excluding carboxylic acids is 1. The molecule has 0 bridgehead atoms. The molecule has 0 radical (unpaired) electrons. The van der Waals surface area contributed by atoms with Crippen molar-refractivity contribution in [3.63, 3.8) is 0 Å². The number of anilines is 3. The second kappa shape index (κ2) is 7.96. The van der Waals surface area contributed by atoms with Gasteiger partial charge in [-0.15, -0.1) is 5.10 Å². The van der Waals surface area contributed by atoms with E-state index in [9.17, 15) is 9.90 Å². The molecule has 0 aromatic carbocycles. The number of aliphatic hydroxyl groups excluding tert-OH is 1. The topological polar surface area (TPSA) is 149 Å². The number of hydrogen-bond acceptors (Lipinski definition) is 9. The molecule has 4 aromatic heterocycles. The summed E-state index contributed by atoms with van der Waals surface area (Å²) in [7, 11) is 0. The normalized spacial score (nSPS) is 18.5. The van der Waals surface area contributed by atoms with Crippen LogP contribution in [0, 0.1) is 11.8 Å². The summed E-state index contributed by atoms with van der Waals surface area (Å²) < 4.78 is 3.42. The first kappa shape index (κ1) is 20.0. The number of nitrogens with one attached hydrogen (secondary N) is 2. The SMILES string of the molecule is CC(=O)Nc1ccc(-n2nnc3cnc(Nc4cnn(CC5CC5C(C)O)c4)nc32)cn1. The maximum atomic E-state index is 11.2. The molecular weight excluding hydrogens is 412 g/mol. The molecule has 12 nitrogen and oxygen atoms in total. The highest BCUT2D eigenvalue weighted by atomic mass is 16.3. The van der Waals surface area contributed by atoms with Crippen LogP contribution in [-0.4, -0.2) is 56.8 Å². The molecule has 0 aliphatic heterocycles. The number of aliphatic hydroxyl groups is 1. The fourth-order valence-electron chi connectivity index (χ4n) is 3.70. The van der Waals surface area contributed by atoms with E-state index >= 15 is 0 Å². The van der Waals surface area contributed by atoms with E-state index < -0.39 is 0 Å². The summed E-state index contributed by atoms with van der Waals surface area (Å²) in [6.07, 6.45) is 7.53. The first-order valence-electron chi connectivity index (χ1n) is 10.3. The van der Waals surface area contributed by atoms with Crippen LogP contribution in [0.15, 0.2) is 36.9 Å². The second-order valence-corrected chi connectivity index (χ2v) is 7.96. The third kappa shape index (κ3) is 4.12. The van der Waals surface area contributed by atoms with Crippen molar-refractivity contribution < 1.29 is 9.90 Å². The van der Waals surface area contributed by atoms with Gasteiger partial charge in [-0.3, -0.25) is 9.48 Å². The number of amides is 1. The van der Waals surface area contributed by atoms with Crippen molar-refractivity contribution in [2.45, 2.75) is 32.9 Å². The van der Waals surface area contributed by atoms with E-state index in [-0.39, 0.29) is 12.0 Å². The highest BCUT2D eigenvalue weighted by molar-refractivity contribution is 5.87. The molecule has 32 heavy (non-hydrogen) atoms. The molecule has 4 heterocycles. The molecule has 1 fully saturated rings. The Labute approximate surface area is 182 Å². The number of carbonyl (C=O) groups is 1. The van der Waals surface area contributed by atoms with Crippen LogP contribution in [-0.2, 0) is 11.3 Å². The molecule has 1 saturated carbocycles. The molecule has 1 amide bonds. The molecule has 5 rings (SSSR count). The summed E-state index contributed by atoms with van der Waals surface area (Å²) in [6.45, 7) is 4.03. The summed E-state index contributed by atoms with van der Waals surface area (Å²) in [4.78, 5) is 24.2. The predicted molar refractivity (Wildman–Crippen MR) is 115 cm³/mol. The summed E-state index contributed by atoms with van der Waals surface area (Å²) in [6, 6.07) is 3.45. The van der Waals surface area contributed by atoms with Gasteiger partial charge in [0.15, 0.2) is 11.2 Å². The Hall–Kier alpha value is -3.93. The van der Waals surface area contributed by atoms with Gasteiger partial charge in [-0.2, -0.15) is 14.8 Å². The Balaban J connectivity index is 1.32. The molecule has 12 heteroatoms. The van der Waals surface area contributed by atoms with Crippen LogP contribution in [0.3, 0.4) is 0 Å². The molecule has 3 atom stereocenters. The van der Waals surface area contributed by atoms with Crippen molar-refractivity contribution in [3.05, 3.63) is 36.9 Å². The van der Waals surface area contributed by atoms with Gasteiger partial charge >= 0.3 is 0 Å². The lowest BCUT2D eigenvalue weighted by Crippen LogP contribution is -2.08. The number of pyridine rings is 1. The van der Waals surface area contributed by atoms with Gasteiger partial charge in [-0.1, -0.05) is 5.21 Å². The summed E-state index contributed by atoms with van der Waals surface area (Å²) >= 11 is 0. The molecule has 1 aliphatic carbocycles. The Morgan fingerprint density at radius 3 is 2.88 bits per heavy atom. The lowest BCUT2D eigenvalue weighted by Gasteiger charge is -2.05. The fourth-order valence-corrected chi connectivity index (χ4v) is 3.70. The van der Waals surface area contributed by atoms with Crippen molar-refractivity contribution >= 4 is 34.5 Å². The van der Waals surface area contributed by atoms with Gasteiger partial charge in [0, 0.05) is 19.7 Å². The lowest BCUT2D eigenvalue weighted by molar-refractivity contribution is -0.114. The first-order valence-corrected chi connectivity index (χ1v) is 10.3. The van der Waals surface area contributed by atoms with Crippen LogP contribution >= 0.6 is 0 Å². The van der Waals surface area contributed by atoms with Crippen LogP contribution in [0.1, 0.15) is 20.3 Å². The molecule has 3 unspecified atom stereocenters. The summed E-state index contributed by atoms with van der Waals surface area (Å²) in [5, 5.41) is 28.1. The molecule has 0 spiro atoms. The van der Waals surface area contributed by atoms with Crippen LogP contribution in [0.5, 0.6) is 0 Å². The van der Waals surface area contributed by atoms with Gasteiger partial charge in [0.05, 0.1) is 36.1 Å². The quantitative estimate of drug-likeness (QED) is 0.393. The summed E-state index contributed by atoms with van der Waals surface area (Å²) in [5.41, 5.74) is 2.46. The van der Waals surface area contributed by atoms with Gasteiger partial charge in [-0.25, -0.2) is 9.97 Å². The Morgan fingerprint density at radius 2 is 2.16 bits per heavy atom. The average molecular weight is 434 g/mol. The highest BCUT2D eigenvalue weighted by Gasteiger charge is 2.40. The van der Waals surface area contributed by atoms with Crippen molar-refractivity contribution in [1.82, 2.24) is 39.7 Å². The van der Waals surface area contributed by atoms with Gasteiger partial charge in [-0.05, 0) is 37.3 Å². The smallest absolute Gasteiger partial charge is 0.229 e. The second-order valence-electron chi connectivity index (χ2n) is 7.96. The van der Waals surface area contributed by atoms with E-state index in [1.807, 2.05) is 17.8 Å². The minimum absolute atomic E-state index is 0.192. The maximum absolute atomic E-state index is 11.2. The standard InChI is InChI=1S/C20H22N10O2/c1-11(31)16-5-13(16)9-29-10-14(6-23-29)25-20-22-8-17-19(26-20)30(28-27-17)15-3-4-18(21-7-15)24-12(2)32/h3-4,6-8,10-11,13,16,31H,5,9H2,1-2H3,(H,21,24,32)(H,22,25,26). The van der Waals surface area contributed by atoms with Crippen LogP contribution in [0.25, 0.3) is 16.9 Å².